The zero-order valence-electron chi connectivity index (χ0n) is 21.5. The smallest absolute Gasteiger partial charge is 0.408 e. The molecule has 2 unspecified atom stereocenters. The molecule has 0 aliphatic carbocycles. The van der Waals surface area contributed by atoms with E-state index in [1.165, 1.54) is 11.9 Å². The van der Waals surface area contributed by atoms with Gasteiger partial charge in [0.25, 0.3) is 0 Å². The number of nitrogens with zero attached hydrogens (tertiary/aromatic N) is 1. The Morgan fingerprint density at radius 3 is 2.19 bits per heavy atom. The second kappa shape index (κ2) is 12.7. The van der Waals surface area contributed by atoms with Crippen molar-refractivity contribution >= 4 is 23.8 Å². The summed E-state index contributed by atoms with van der Waals surface area (Å²) >= 11 is 0. The fraction of sp³-hybridized carbons (Fsp3) is 0.407. The van der Waals surface area contributed by atoms with Crippen LogP contribution in [-0.2, 0) is 25.7 Å². The Bertz CT molecular complexity index is 1070. The summed E-state index contributed by atoms with van der Waals surface area (Å²) in [5.74, 6) is -1.54. The van der Waals surface area contributed by atoms with Crippen LogP contribution in [0.4, 0.5) is 4.79 Å². The molecule has 2 aromatic rings. The molecule has 0 aromatic heterocycles. The Morgan fingerprint density at radius 2 is 1.61 bits per heavy atom. The normalized spacial score (nSPS) is 12.7. The van der Waals surface area contributed by atoms with Crippen molar-refractivity contribution < 1.29 is 23.9 Å². The molecule has 9 nitrogen and oxygen atoms in total. The van der Waals surface area contributed by atoms with Gasteiger partial charge in [-0.25, -0.2) is 4.79 Å². The van der Waals surface area contributed by atoms with E-state index in [4.69, 9.17) is 10.5 Å². The van der Waals surface area contributed by atoms with Gasteiger partial charge in [-0.1, -0.05) is 54.6 Å². The van der Waals surface area contributed by atoms with E-state index in [-0.39, 0.29) is 25.3 Å². The Balaban J connectivity index is 2.32. The Morgan fingerprint density at radius 1 is 1.00 bits per heavy atom. The Kier molecular flexibility index (Phi) is 10.0. The molecular formula is C27H36N4O5. The van der Waals surface area contributed by atoms with Crippen LogP contribution in [0, 0.1) is 6.92 Å². The lowest BCUT2D eigenvalue weighted by Gasteiger charge is -2.32. The molecule has 0 bridgehead atoms. The van der Waals surface area contributed by atoms with E-state index in [2.05, 4.69) is 10.6 Å². The first-order valence-corrected chi connectivity index (χ1v) is 11.8. The first kappa shape index (κ1) is 28.4. The second-order valence-electron chi connectivity index (χ2n) is 9.62. The number of benzene rings is 2. The van der Waals surface area contributed by atoms with Crippen molar-refractivity contribution in [1.82, 2.24) is 15.5 Å². The molecule has 0 fully saturated rings. The zero-order chi connectivity index (χ0) is 26.9. The molecule has 0 aliphatic rings. The van der Waals surface area contributed by atoms with E-state index in [1.807, 2.05) is 49.4 Å². The molecule has 2 rings (SSSR count). The molecule has 9 heteroatoms. The van der Waals surface area contributed by atoms with Crippen molar-refractivity contribution in [1.29, 1.82) is 0 Å². The number of primary amides is 1. The van der Waals surface area contributed by atoms with Crippen LogP contribution in [0.5, 0.6) is 0 Å². The topological polar surface area (TPSA) is 131 Å². The molecule has 0 radical (unpaired) electrons. The summed E-state index contributed by atoms with van der Waals surface area (Å²) in [5, 5.41) is 5.44. The molecule has 2 aromatic carbocycles. The van der Waals surface area contributed by atoms with Crippen molar-refractivity contribution in [2.75, 3.05) is 7.05 Å². The minimum Gasteiger partial charge on any atom is -0.444 e. The largest absolute Gasteiger partial charge is 0.444 e. The van der Waals surface area contributed by atoms with E-state index in [1.54, 1.807) is 32.9 Å². The number of alkyl carbamates (subject to hydrolysis) is 1. The third kappa shape index (κ3) is 8.72. The van der Waals surface area contributed by atoms with Crippen LogP contribution >= 0.6 is 0 Å². The van der Waals surface area contributed by atoms with Gasteiger partial charge in [-0.05, 0) is 50.8 Å². The summed E-state index contributed by atoms with van der Waals surface area (Å²) in [4.78, 5) is 52.1. The fourth-order valence-electron chi connectivity index (χ4n) is 3.67. The highest BCUT2D eigenvalue weighted by Crippen LogP contribution is 2.25. The van der Waals surface area contributed by atoms with Gasteiger partial charge in [0.15, 0.2) is 0 Å². The Labute approximate surface area is 212 Å². The van der Waals surface area contributed by atoms with Crippen molar-refractivity contribution in [2.45, 2.75) is 64.8 Å². The van der Waals surface area contributed by atoms with Crippen LogP contribution < -0.4 is 16.4 Å². The number of hydrogen-bond donors (Lipinski definition) is 3. The summed E-state index contributed by atoms with van der Waals surface area (Å²) in [6, 6.07) is 14.6. The monoisotopic (exact) mass is 496 g/mol. The number of nitrogens with one attached hydrogen (secondary N) is 2. The average molecular weight is 497 g/mol. The summed E-state index contributed by atoms with van der Waals surface area (Å²) in [6.45, 7) is 7.23. The first-order valence-electron chi connectivity index (χ1n) is 11.8. The molecule has 194 valence electrons. The van der Waals surface area contributed by atoms with Gasteiger partial charge in [-0.15, -0.1) is 0 Å². The fourth-order valence-corrected chi connectivity index (χ4v) is 3.67. The first-order chi connectivity index (χ1) is 16.9. The van der Waals surface area contributed by atoms with Crippen LogP contribution in [0.2, 0.25) is 0 Å². The average Bonchev–Trinajstić information content (AvgIpc) is 2.80. The molecule has 0 spiro atoms. The molecule has 4 N–H and O–H groups in total. The summed E-state index contributed by atoms with van der Waals surface area (Å²) in [5.41, 5.74) is 6.89. The number of carbonyl (C=O) groups excluding carboxylic acids is 4. The number of aryl methyl sites for hydroxylation is 1. The molecular weight excluding hydrogens is 460 g/mol. The molecule has 4 amide bonds. The van der Waals surface area contributed by atoms with Gasteiger partial charge >= 0.3 is 6.09 Å². The highest BCUT2D eigenvalue weighted by atomic mass is 16.6. The molecule has 36 heavy (non-hydrogen) atoms. The predicted octanol–water partition coefficient (Wildman–Crippen LogP) is 2.97. The maximum Gasteiger partial charge on any atom is 0.408 e. The van der Waals surface area contributed by atoms with Crippen molar-refractivity contribution in [2.24, 2.45) is 5.73 Å². The van der Waals surface area contributed by atoms with Crippen LogP contribution in [-0.4, -0.2) is 47.4 Å². The van der Waals surface area contributed by atoms with Crippen LogP contribution in [0.15, 0.2) is 54.6 Å². The van der Waals surface area contributed by atoms with Gasteiger partial charge < -0.3 is 26.0 Å². The van der Waals surface area contributed by atoms with Gasteiger partial charge in [-0.3, -0.25) is 14.4 Å². The van der Waals surface area contributed by atoms with Crippen LogP contribution in [0.25, 0.3) is 0 Å². The highest BCUT2D eigenvalue weighted by Gasteiger charge is 2.34. The van der Waals surface area contributed by atoms with Gasteiger partial charge in [0.1, 0.15) is 17.7 Å². The molecule has 2 atom stereocenters. The number of likely N-dealkylation sites (N-methyl/N-ethyl adjacent to an activating group) is 1. The lowest BCUT2D eigenvalue weighted by Crippen LogP contribution is -2.52. The van der Waals surface area contributed by atoms with E-state index in [0.29, 0.717) is 5.56 Å². The van der Waals surface area contributed by atoms with E-state index in [9.17, 15) is 19.2 Å². The third-order valence-corrected chi connectivity index (χ3v) is 5.44. The molecule has 0 heterocycles. The maximum absolute atomic E-state index is 13.6. The number of carbonyl (C=O) groups is 4. The number of nitrogens with two attached hydrogens (primary N) is 1. The predicted molar refractivity (Wildman–Crippen MR) is 137 cm³/mol. The van der Waals surface area contributed by atoms with Gasteiger partial charge in [0.05, 0.1) is 0 Å². The number of ether oxygens (including phenoxy) is 1. The lowest BCUT2D eigenvalue weighted by atomic mass is 9.98. The van der Waals surface area contributed by atoms with Crippen molar-refractivity contribution in [3.05, 3.63) is 71.3 Å². The molecule has 0 saturated carbocycles. The number of amides is 4. The standard InChI is InChI=1S/C27H36N4O5/c1-18-11-9-10-14-20(18)23(24(33)29-17-19-12-7-6-8-13-19)31(5)25(34)21(15-16-22(28)32)30-26(35)36-27(2,3)4/h6-14,21,23H,15-17H2,1-5H3,(H2,28,32)(H,29,33)(H,30,35). The second-order valence-corrected chi connectivity index (χ2v) is 9.62. The minimum atomic E-state index is -1.12. The van der Waals surface area contributed by atoms with Gasteiger partial charge in [0, 0.05) is 20.0 Å². The van der Waals surface area contributed by atoms with Crippen LogP contribution in [0.1, 0.15) is 56.3 Å². The number of hydrogen-bond acceptors (Lipinski definition) is 5. The summed E-state index contributed by atoms with van der Waals surface area (Å²) < 4.78 is 5.29. The van der Waals surface area contributed by atoms with Crippen molar-refractivity contribution in [3.63, 3.8) is 0 Å². The van der Waals surface area contributed by atoms with Gasteiger partial charge in [-0.2, -0.15) is 0 Å². The third-order valence-electron chi connectivity index (χ3n) is 5.44. The zero-order valence-corrected chi connectivity index (χ0v) is 21.5. The Hall–Kier alpha value is -3.88. The van der Waals surface area contributed by atoms with Crippen LogP contribution in [0.3, 0.4) is 0 Å². The lowest BCUT2D eigenvalue weighted by molar-refractivity contribution is -0.141. The highest BCUT2D eigenvalue weighted by molar-refractivity contribution is 5.92. The summed E-state index contributed by atoms with van der Waals surface area (Å²) in [7, 11) is 1.50. The molecule has 0 saturated heterocycles. The van der Waals surface area contributed by atoms with Gasteiger partial charge in [0.2, 0.25) is 17.7 Å². The van der Waals surface area contributed by atoms with E-state index < -0.39 is 35.6 Å². The SMILES string of the molecule is Cc1ccccc1C(C(=O)NCc1ccccc1)N(C)C(=O)C(CCC(N)=O)NC(=O)OC(C)(C)C. The van der Waals surface area contributed by atoms with E-state index in [0.717, 1.165) is 11.1 Å². The van der Waals surface area contributed by atoms with Crippen molar-refractivity contribution in [3.8, 4) is 0 Å². The summed E-state index contributed by atoms with van der Waals surface area (Å²) in [6.07, 6.45) is -0.973. The van der Waals surface area contributed by atoms with E-state index >= 15 is 0 Å². The number of rotatable bonds is 10. The maximum atomic E-state index is 13.6. The minimum absolute atomic E-state index is 0.0378. The molecule has 0 aliphatic heterocycles. The quantitative estimate of drug-likeness (QED) is 0.465.